The maximum absolute atomic E-state index is 11.8. The highest BCUT2D eigenvalue weighted by Gasteiger charge is 2.18. The summed E-state index contributed by atoms with van der Waals surface area (Å²) in [7, 11) is -4.00. The third kappa shape index (κ3) is 3.45. The Kier molecular flexibility index (Phi) is 3.66. The molecule has 2 rings (SSSR count). The van der Waals surface area contributed by atoms with E-state index in [-0.39, 0.29) is 10.8 Å². The number of anilines is 1. The van der Waals surface area contributed by atoms with Gasteiger partial charge in [0.15, 0.2) is 10.8 Å². The summed E-state index contributed by atoms with van der Waals surface area (Å²) in [5, 5.41) is 9.12. The summed E-state index contributed by atoms with van der Waals surface area (Å²) in [5.41, 5.74) is 0. The van der Waals surface area contributed by atoms with Gasteiger partial charge in [0.2, 0.25) is 0 Å². The zero-order valence-corrected chi connectivity index (χ0v) is 10.3. The van der Waals surface area contributed by atoms with E-state index in [9.17, 15) is 13.2 Å². The molecule has 9 heteroatoms. The van der Waals surface area contributed by atoms with Gasteiger partial charge >= 0.3 is 6.03 Å². The maximum atomic E-state index is 11.8. The van der Waals surface area contributed by atoms with Crippen LogP contribution in [0.2, 0.25) is 0 Å². The molecule has 0 aromatic carbocycles. The van der Waals surface area contributed by atoms with E-state index in [1.165, 1.54) is 30.6 Å². The molecule has 19 heavy (non-hydrogen) atoms. The quantitative estimate of drug-likeness (QED) is 0.839. The average molecular weight is 279 g/mol. The maximum Gasteiger partial charge on any atom is 0.334 e. The number of pyridine rings is 1. The fraction of sp³-hybridized carbons (Fsp3) is 0. The Labute approximate surface area is 109 Å². The van der Waals surface area contributed by atoms with Crippen molar-refractivity contribution in [2.24, 2.45) is 0 Å². The molecule has 98 valence electrons. The molecule has 2 aromatic rings. The van der Waals surface area contributed by atoms with Gasteiger partial charge in [0.05, 0.1) is 0 Å². The van der Waals surface area contributed by atoms with E-state index in [0.717, 1.165) is 0 Å². The van der Waals surface area contributed by atoms with Gasteiger partial charge in [-0.1, -0.05) is 6.07 Å². The van der Waals surface area contributed by atoms with Gasteiger partial charge in [0.25, 0.3) is 10.0 Å². The molecule has 0 bridgehead atoms. The van der Waals surface area contributed by atoms with Crippen molar-refractivity contribution in [1.82, 2.24) is 19.9 Å². The van der Waals surface area contributed by atoms with Crippen LogP contribution in [0.25, 0.3) is 0 Å². The van der Waals surface area contributed by atoms with Crippen molar-refractivity contribution in [2.75, 3.05) is 5.32 Å². The zero-order chi connectivity index (χ0) is 13.7. The van der Waals surface area contributed by atoms with Crippen LogP contribution in [0.15, 0.2) is 47.8 Å². The number of nitrogens with one attached hydrogen (secondary N) is 2. The fourth-order valence-electron chi connectivity index (χ4n) is 1.19. The number of sulfonamides is 1. The largest absolute Gasteiger partial charge is 0.334 e. The lowest BCUT2D eigenvalue weighted by molar-refractivity contribution is 0.256. The number of carbonyl (C=O) groups excluding carboxylic acids is 1. The molecular weight excluding hydrogens is 270 g/mol. The number of aromatic nitrogens is 3. The first kappa shape index (κ1) is 12.9. The molecule has 0 unspecified atom stereocenters. The topological polar surface area (TPSA) is 114 Å². The molecule has 2 aromatic heterocycles. The van der Waals surface area contributed by atoms with Crippen LogP contribution in [-0.4, -0.2) is 29.6 Å². The van der Waals surface area contributed by atoms with Crippen LogP contribution in [0, 0.1) is 0 Å². The van der Waals surface area contributed by atoms with Gasteiger partial charge < -0.3 is 0 Å². The Morgan fingerprint density at radius 2 is 1.95 bits per heavy atom. The van der Waals surface area contributed by atoms with E-state index in [1.54, 1.807) is 12.1 Å². The first-order chi connectivity index (χ1) is 9.08. The first-order valence-corrected chi connectivity index (χ1v) is 6.59. The summed E-state index contributed by atoms with van der Waals surface area (Å²) in [6, 6.07) is 6.43. The molecule has 0 spiro atoms. The number of hydrogen-bond donors (Lipinski definition) is 2. The van der Waals surface area contributed by atoms with Gasteiger partial charge in [0, 0.05) is 12.4 Å². The number of carbonyl (C=O) groups is 1. The van der Waals surface area contributed by atoms with Gasteiger partial charge in [-0.3, -0.25) is 5.32 Å². The number of nitrogens with zero attached hydrogens (tertiary/aromatic N) is 3. The molecule has 0 aliphatic heterocycles. The summed E-state index contributed by atoms with van der Waals surface area (Å²) < 4.78 is 25.3. The Morgan fingerprint density at radius 1 is 1.11 bits per heavy atom. The lowest BCUT2D eigenvalue weighted by atomic mass is 10.5. The first-order valence-electron chi connectivity index (χ1n) is 5.10. The number of hydrogen-bond acceptors (Lipinski definition) is 6. The molecule has 0 atom stereocenters. The van der Waals surface area contributed by atoms with Crippen LogP contribution in [0.4, 0.5) is 10.6 Å². The van der Waals surface area contributed by atoms with Gasteiger partial charge in [-0.25, -0.2) is 14.5 Å². The van der Waals surface area contributed by atoms with Crippen molar-refractivity contribution >= 4 is 21.9 Å². The minimum Gasteiger partial charge on any atom is -0.290 e. The van der Waals surface area contributed by atoms with E-state index in [2.05, 4.69) is 20.5 Å². The van der Waals surface area contributed by atoms with E-state index >= 15 is 0 Å². The summed E-state index contributed by atoms with van der Waals surface area (Å²) >= 11 is 0. The summed E-state index contributed by atoms with van der Waals surface area (Å²) in [6.07, 6.45) is 2.74. The lowest BCUT2D eigenvalue weighted by Crippen LogP contribution is -2.35. The second-order valence-corrected chi connectivity index (χ2v) is 4.97. The zero-order valence-electron chi connectivity index (χ0n) is 9.52. The molecule has 0 saturated carbocycles. The van der Waals surface area contributed by atoms with Crippen LogP contribution in [0.5, 0.6) is 0 Å². The molecule has 0 radical (unpaired) electrons. The van der Waals surface area contributed by atoms with Crippen molar-refractivity contribution in [3.63, 3.8) is 0 Å². The standard InChI is InChI=1S/C10H9N5O3S/c16-10(13-8-4-3-7-12-14-8)15-19(17,18)9-5-1-2-6-11-9/h1-7H,(H2,13,14,15,16). The molecule has 2 N–H and O–H groups in total. The van der Waals surface area contributed by atoms with Crippen molar-refractivity contribution in [3.05, 3.63) is 42.7 Å². The highest BCUT2D eigenvalue weighted by molar-refractivity contribution is 7.90. The van der Waals surface area contributed by atoms with Crippen LogP contribution < -0.4 is 10.0 Å². The van der Waals surface area contributed by atoms with Crippen molar-refractivity contribution in [1.29, 1.82) is 0 Å². The SMILES string of the molecule is O=C(Nc1cccnn1)NS(=O)(=O)c1ccccn1. The average Bonchev–Trinajstić information content (AvgIpc) is 2.40. The van der Waals surface area contributed by atoms with Crippen LogP contribution in [0.1, 0.15) is 0 Å². The van der Waals surface area contributed by atoms with Gasteiger partial charge in [-0.2, -0.15) is 13.5 Å². The summed E-state index contributed by atoms with van der Waals surface area (Å²) in [5.74, 6) is 0.135. The predicted molar refractivity (Wildman–Crippen MR) is 65.6 cm³/mol. The Bertz CT molecular complexity index is 660. The lowest BCUT2D eigenvalue weighted by Gasteiger charge is -2.06. The molecule has 0 aliphatic carbocycles. The Balaban J connectivity index is 2.07. The number of urea groups is 1. The highest BCUT2D eigenvalue weighted by Crippen LogP contribution is 2.04. The van der Waals surface area contributed by atoms with E-state index in [4.69, 9.17) is 0 Å². The minimum absolute atomic E-state index is 0.135. The third-order valence-electron chi connectivity index (χ3n) is 1.95. The Morgan fingerprint density at radius 3 is 2.58 bits per heavy atom. The normalized spacial score (nSPS) is 10.7. The van der Waals surface area contributed by atoms with Crippen molar-refractivity contribution < 1.29 is 13.2 Å². The predicted octanol–water partition coefficient (Wildman–Crippen LogP) is 0.382. The van der Waals surface area contributed by atoms with Crippen molar-refractivity contribution in [3.8, 4) is 0 Å². The number of amides is 2. The smallest absolute Gasteiger partial charge is 0.290 e. The van der Waals surface area contributed by atoms with E-state index in [0.29, 0.717) is 0 Å². The molecular formula is C10H9N5O3S. The molecule has 0 aliphatic rings. The van der Waals surface area contributed by atoms with E-state index in [1.807, 2.05) is 4.72 Å². The van der Waals surface area contributed by atoms with Gasteiger partial charge in [-0.05, 0) is 24.3 Å². The minimum atomic E-state index is -4.00. The molecule has 8 nitrogen and oxygen atoms in total. The Hall–Kier alpha value is -2.55. The number of rotatable bonds is 3. The molecule has 2 heterocycles. The summed E-state index contributed by atoms with van der Waals surface area (Å²) in [4.78, 5) is 15.2. The molecule has 0 fully saturated rings. The van der Waals surface area contributed by atoms with Gasteiger partial charge in [-0.15, -0.1) is 5.10 Å². The highest BCUT2D eigenvalue weighted by atomic mass is 32.2. The molecule has 0 saturated heterocycles. The fourth-order valence-corrected chi connectivity index (χ4v) is 2.05. The second-order valence-electron chi connectivity index (χ2n) is 3.34. The van der Waals surface area contributed by atoms with E-state index < -0.39 is 16.1 Å². The van der Waals surface area contributed by atoms with Crippen LogP contribution in [0.3, 0.4) is 0 Å². The van der Waals surface area contributed by atoms with Crippen LogP contribution in [-0.2, 0) is 10.0 Å². The third-order valence-corrected chi connectivity index (χ3v) is 3.20. The molecule has 2 amide bonds. The second kappa shape index (κ2) is 5.40. The van der Waals surface area contributed by atoms with Crippen LogP contribution >= 0.6 is 0 Å². The van der Waals surface area contributed by atoms with Gasteiger partial charge in [0.1, 0.15) is 0 Å². The van der Waals surface area contributed by atoms with Crippen molar-refractivity contribution in [2.45, 2.75) is 5.03 Å². The monoisotopic (exact) mass is 279 g/mol. The summed E-state index contributed by atoms with van der Waals surface area (Å²) in [6.45, 7) is 0.